The van der Waals surface area contributed by atoms with Crippen molar-refractivity contribution >= 4 is 11.6 Å². The highest BCUT2D eigenvalue weighted by molar-refractivity contribution is 5.93. The van der Waals surface area contributed by atoms with Gasteiger partial charge in [-0.1, -0.05) is 52.3 Å². The predicted molar refractivity (Wildman–Crippen MR) is 89.3 cm³/mol. The lowest BCUT2D eigenvalue weighted by Crippen LogP contribution is -2.36. The summed E-state index contributed by atoms with van der Waals surface area (Å²) in [5, 5.41) is 3.20. The number of anilines is 1. The lowest BCUT2D eigenvalue weighted by Gasteiger charge is -2.36. The summed E-state index contributed by atoms with van der Waals surface area (Å²) in [5.41, 5.74) is 2.21. The number of amides is 1. The molecule has 0 aromatic heterocycles. The smallest absolute Gasteiger partial charge is 0.227 e. The highest BCUT2D eigenvalue weighted by atomic mass is 16.1. The molecule has 3 unspecified atom stereocenters. The normalized spacial score (nSPS) is 25.9. The van der Waals surface area contributed by atoms with Gasteiger partial charge in [0.2, 0.25) is 5.91 Å². The van der Waals surface area contributed by atoms with Gasteiger partial charge in [-0.2, -0.15) is 0 Å². The fourth-order valence-electron chi connectivity index (χ4n) is 3.68. The van der Waals surface area contributed by atoms with Crippen molar-refractivity contribution in [3.05, 3.63) is 29.8 Å². The van der Waals surface area contributed by atoms with Gasteiger partial charge in [0.25, 0.3) is 0 Å². The van der Waals surface area contributed by atoms with E-state index in [1.54, 1.807) is 0 Å². The maximum Gasteiger partial charge on any atom is 0.227 e. The number of para-hydroxylation sites is 1. The van der Waals surface area contributed by atoms with E-state index in [0.29, 0.717) is 17.8 Å². The second-order valence-electron chi connectivity index (χ2n) is 6.93. The third kappa shape index (κ3) is 3.87. The number of nitrogens with one attached hydrogen (secondary N) is 1. The maximum atomic E-state index is 12.8. The first-order chi connectivity index (χ1) is 10.0. The summed E-state index contributed by atoms with van der Waals surface area (Å²) < 4.78 is 0. The summed E-state index contributed by atoms with van der Waals surface area (Å²) in [6.07, 6.45) is 4.43. The Balaban J connectivity index is 2.13. The molecule has 0 radical (unpaired) electrons. The lowest BCUT2D eigenvalue weighted by atomic mass is 9.70. The van der Waals surface area contributed by atoms with Crippen LogP contribution in [0, 0.1) is 23.7 Å². The van der Waals surface area contributed by atoms with Crippen molar-refractivity contribution in [1.82, 2.24) is 0 Å². The van der Waals surface area contributed by atoms with Crippen LogP contribution in [0.1, 0.15) is 52.5 Å². The molecule has 0 heterocycles. The van der Waals surface area contributed by atoms with Gasteiger partial charge in [0.1, 0.15) is 0 Å². The van der Waals surface area contributed by atoms with E-state index >= 15 is 0 Å². The zero-order chi connectivity index (χ0) is 15.4. The molecule has 21 heavy (non-hydrogen) atoms. The SMILES string of the molecule is CCc1ccccc1NC(=O)C1CC(C)CCC1C(C)C. The third-order valence-corrected chi connectivity index (χ3v) is 5.02. The van der Waals surface area contributed by atoms with E-state index in [0.717, 1.165) is 18.5 Å². The van der Waals surface area contributed by atoms with Gasteiger partial charge in [0.05, 0.1) is 0 Å². The highest BCUT2D eigenvalue weighted by Gasteiger charge is 2.35. The van der Waals surface area contributed by atoms with Gasteiger partial charge in [0, 0.05) is 11.6 Å². The Labute approximate surface area is 129 Å². The van der Waals surface area contributed by atoms with Crippen molar-refractivity contribution in [3.8, 4) is 0 Å². The number of hydrogen-bond acceptors (Lipinski definition) is 1. The second kappa shape index (κ2) is 7.11. The molecule has 1 aliphatic rings. The maximum absolute atomic E-state index is 12.8. The van der Waals surface area contributed by atoms with E-state index in [1.807, 2.05) is 18.2 Å². The Hall–Kier alpha value is -1.31. The Kier molecular flexibility index (Phi) is 5.44. The molecular formula is C19H29NO. The number of rotatable bonds is 4. The van der Waals surface area contributed by atoms with Crippen molar-refractivity contribution < 1.29 is 4.79 Å². The lowest BCUT2D eigenvalue weighted by molar-refractivity contribution is -0.124. The molecule has 1 aliphatic carbocycles. The summed E-state index contributed by atoms with van der Waals surface area (Å²) in [6, 6.07) is 8.15. The van der Waals surface area contributed by atoms with Gasteiger partial charge < -0.3 is 5.32 Å². The molecule has 1 saturated carbocycles. The molecule has 0 aliphatic heterocycles. The number of aryl methyl sites for hydroxylation is 1. The summed E-state index contributed by atoms with van der Waals surface area (Å²) in [7, 11) is 0. The fourth-order valence-corrected chi connectivity index (χ4v) is 3.68. The Bertz CT molecular complexity index is 480. The second-order valence-corrected chi connectivity index (χ2v) is 6.93. The van der Waals surface area contributed by atoms with Crippen LogP contribution in [-0.2, 0) is 11.2 Å². The predicted octanol–water partition coefficient (Wildman–Crippen LogP) is 4.90. The van der Waals surface area contributed by atoms with E-state index in [9.17, 15) is 4.79 Å². The zero-order valence-electron chi connectivity index (χ0n) is 13.9. The Morgan fingerprint density at radius 1 is 1.29 bits per heavy atom. The number of carbonyl (C=O) groups is 1. The quantitative estimate of drug-likeness (QED) is 0.838. The average molecular weight is 287 g/mol. The van der Waals surface area contributed by atoms with Crippen LogP contribution in [0.15, 0.2) is 24.3 Å². The van der Waals surface area contributed by atoms with Crippen molar-refractivity contribution in [1.29, 1.82) is 0 Å². The molecule has 1 aromatic carbocycles. The van der Waals surface area contributed by atoms with Crippen molar-refractivity contribution in [2.24, 2.45) is 23.7 Å². The average Bonchev–Trinajstić information content (AvgIpc) is 2.47. The summed E-state index contributed by atoms with van der Waals surface area (Å²) in [6.45, 7) is 8.91. The topological polar surface area (TPSA) is 29.1 Å². The molecular weight excluding hydrogens is 258 g/mol. The molecule has 1 amide bonds. The minimum absolute atomic E-state index is 0.165. The molecule has 0 bridgehead atoms. The number of carbonyl (C=O) groups excluding carboxylic acids is 1. The molecule has 116 valence electrons. The van der Waals surface area contributed by atoms with Crippen molar-refractivity contribution in [3.63, 3.8) is 0 Å². The Morgan fingerprint density at radius 2 is 2.00 bits per heavy atom. The molecule has 2 nitrogen and oxygen atoms in total. The first-order valence-corrected chi connectivity index (χ1v) is 8.41. The van der Waals surface area contributed by atoms with E-state index in [4.69, 9.17) is 0 Å². The van der Waals surface area contributed by atoms with E-state index < -0.39 is 0 Å². The van der Waals surface area contributed by atoms with Gasteiger partial charge >= 0.3 is 0 Å². The zero-order valence-corrected chi connectivity index (χ0v) is 13.9. The van der Waals surface area contributed by atoms with Gasteiger partial charge in [-0.3, -0.25) is 4.79 Å². The van der Waals surface area contributed by atoms with Crippen LogP contribution in [0.5, 0.6) is 0 Å². The van der Waals surface area contributed by atoms with Crippen molar-refractivity contribution in [2.75, 3.05) is 5.32 Å². The Morgan fingerprint density at radius 3 is 2.67 bits per heavy atom. The first-order valence-electron chi connectivity index (χ1n) is 8.41. The molecule has 2 heteroatoms. The van der Waals surface area contributed by atoms with Gasteiger partial charge in [-0.25, -0.2) is 0 Å². The molecule has 0 saturated heterocycles. The molecule has 1 N–H and O–H groups in total. The van der Waals surface area contributed by atoms with E-state index in [2.05, 4.69) is 39.1 Å². The fraction of sp³-hybridized carbons (Fsp3) is 0.632. The van der Waals surface area contributed by atoms with Gasteiger partial charge in [-0.15, -0.1) is 0 Å². The molecule has 1 fully saturated rings. The molecule has 0 spiro atoms. The van der Waals surface area contributed by atoms with Crippen LogP contribution in [0.3, 0.4) is 0 Å². The van der Waals surface area contributed by atoms with Crippen LogP contribution < -0.4 is 5.32 Å². The van der Waals surface area contributed by atoms with E-state index in [-0.39, 0.29) is 11.8 Å². The highest BCUT2D eigenvalue weighted by Crippen LogP contribution is 2.38. The monoisotopic (exact) mass is 287 g/mol. The molecule has 1 aromatic rings. The van der Waals surface area contributed by atoms with Gasteiger partial charge in [-0.05, 0) is 48.6 Å². The standard InChI is InChI=1S/C19H29NO/c1-5-15-8-6-7-9-18(15)20-19(21)17-12-14(4)10-11-16(17)13(2)3/h6-9,13-14,16-17H,5,10-12H2,1-4H3,(H,20,21). The third-order valence-electron chi connectivity index (χ3n) is 5.02. The summed E-state index contributed by atoms with van der Waals surface area (Å²) >= 11 is 0. The first kappa shape index (κ1) is 16.1. The van der Waals surface area contributed by atoms with Crippen LogP contribution in [0.2, 0.25) is 0 Å². The summed E-state index contributed by atoms with van der Waals surface area (Å²) in [5.74, 6) is 2.15. The summed E-state index contributed by atoms with van der Waals surface area (Å²) in [4.78, 5) is 12.8. The van der Waals surface area contributed by atoms with Gasteiger partial charge in [0.15, 0.2) is 0 Å². The number of hydrogen-bond donors (Lipinski definition) is 1. The van der Waals surface area contributed by atoms with Crippen molar-refractivity contribution in [2.45, 2.75) is 53.4 Å². The largest absolute Gasteiger partial charge is 0.326 e. The minimum Gasteiger partial charge on any atom is -0.326 e. The van der Waals surface area contributed by atoms with Crippen LogP contribution in [0.25, 0.3) is 0 Å². The number of benzene rings is 1. The van der Waals surface area contributed by atoms with Crippen LogP contribution in [-0.4, -0.2) is 5.91 Å². The minimum atomic E-state index is 0.165. The molecule has 2 rings (SSSR count). The van der Waals surface area contributed by atoms with Crippen LogP contribution in [0.4, 0.5) is 5.69 Å². The van der Waals surface area contributed by atoms with Crippen LogP contribution >= 0.6 is 0 Å². The molecule has 3 atom stereocenters. The van der Waals surface area contributed by atoms with E-state index in [1.165, 1.54) is 18.4 Å².